The molecule has 5 heteroatoms. The molecule has 28 heavy (non-hydrogen) atoms. The predicted octanol–water partition coefficient (Wildman–Crippen LogP) is 5.24. The van der Waals surface area contributed by atoms with Crippen molar-refractivity contribution in [2.75, 3.05) is 0 Å². The zero-order chi connectivity index (χ0) is 19.8. The molecule has 0 spiro atoms. The Labute approximate surface area is 172 Å². The number of carbonyl (C=O) groups is 1. The summed E-state index contributed by atoms with van der Waals surface area (Å²) in [6.45, 7) is 0.730. The smallest absolute Gasteiger partial charge is 0.333 e. The first-order valence-electron chi connectivity index (χ1n) is 8.95. The van der Waals surface area contributed by atoms with E-state index in [4.69, 9.17) is 9.47 Å². The summed E-state index contributed by atoms with van der Waals surface area (Å²) in [6.07, 6.45) is -0.636. The van der Waals surface area contributed by atoms with E-state index >= 15 is 0 Å². The van der Waals surface area contributed by atoms with E-state index in [2.05, 4.69) is 15.9 Å². The van der Waals surface area contributed by atoms with Gasteiger partial charge in [0.05, 0.1) is 11.1 Å². The van der Waals surface area contributed by atoms with Crippen molar-refractivity contribution in [2.24, 2.45) is 0 Å². The van der Waals surface area contributed by atoms with Gasteiger partial charge in [0.25, 0.3) is 0 Å². The molecule has 0 saturated heterocycles. The summed E-state index contributed by atoms with van der Waals surface area (Å²) < 4.78 is 12.2. The average molecular weight is 441 g/mol. The van der Waals surface area contributed by atoms with E-state index in [1.54, 1.807) is 0 Å². The van der Waals surface area contributed by atoms with E-state index in [0.717, 1.165) is 21.2 Å². The highest BCUT2D eigenvalue weighted by atomic mass is 79.9. The van der Waals surface area contributed by atoms with Gasteiger partial charge >= 0.3 is 5.97 Å². The molecule has 0 unspecified atom stereocenters. The van der Waals surface area contributed by atoms with Crippen molar-refractivity contribution in [1.29, 1.82) is 0 Å². The standard InChI is InChI=1S/C23H21BrO4/c24-20-13-19(11-12-21(20)27-15-17-7-3-1-4-8-17)14-22(23(25)26)28-16-18-9-5-2-6-10-18/h1-13,22H,14-16H2,(H,25,26)/t22-/m1/s1. The van der Waals surface area contributed by atoms with Crippen LogP contribution in [0, 0.1) is 0 Å². The quantitative estimate of drug-likeness (QED) is 0.494. The fourth-order valence-corrected chi connectivity index (χ4v) is 3.27. The molecule has 4 nitrogen and oxygen atoms in total. The maximum atomic E-state index is 11.6. The van der Waals surface area contributed by atoms with Crippen molar-refractivity contribution in [1.82, 2.24) is 0 Å². The van der Waals surface area contributed by atoms with Gasteiger partial charge in [-0.3, -0.25) is 0 Å². The highest BCUT2D eigenvalue weighted by Crippen LogP contribution is 2.27. The molecule has 3 aromatic rings. The molecule has 0 aliphatic carbocycles. The second kappa shape index (κ2) is 10.1. The van der Waals surface area contributed by atoms with E-state index < -0.39 is 12.1 Å². The van der Waals surface area contributed by atoms with Crippen LogP contribution in [0.25, 0.3) is 0 Å². The second-order valence-corrected chi connectivity index (χ2v) is 7.22. The third kappa shape index (κ3) is 5.94. The Morgan fingerprint density at radius 3 is 2.04 bits per heavy atom. The fraction of sp³-hybridized carbons (Fsp3) is 0.174. The van der Waals surface area contributed by atoms with Crippen LogP contribution in [0.15, 0.2) is 83.3 Å². The summed E-state index contributed by atoms with van der Waals surface area (Å²) in [6, 6.07) is 25.0. The van der Waals surface area contributed by atoms with Gasteiger partial charge in [0.1, 0.15) is 12.4 Å². The Balaban J connectivity index is 1.60. The molecule has 0 radical (unpaired) electrons. The molecule has 0 aliphatic heterocycles. The third-order valence-electron chi connectivity index (χ3n) is 4.22. The van der Waals surface area contributed by atoms with Gasteiger partial charge < -0.3 is 14.6 Å². The molecule has 1 N–H and O–H groups in total. The summed E-state index contributed by atoms with van der Waals surface area (Å²) in [4.78, 5) is 11.6. The molecular formula is C23H21BrO4. The monoisotopic (exact) mass is 440 g/mol. The van der Waals surface area contributed by atoms with Crippen LogP contribution in [-0.4, -0.2) is 17.2 Å². The van der Waals surface area contributed by atoms with Crippen molar-refractivity contribution in [3.8, 4) is 5.75 Å². The Kier molecular flexibility index (Phi) is 7.23. The zero-order valence-corrected chi connectivity index (χ0v) is 16.8. The molecule has 1 atom stereocenters. The molecule has 3 rings (SSSR count). The average Bonchev–Trinajstić information content (AvgIpc) is 2.72. The SMILES string of the molecule is O=C(O)[C@@H](Cc1ccc(OCc2ccccc2)c(Br)c1)OCc1ccccc1. The molecule has 144 valence electrons. The van der Waals surface area contributed by atoms with E-state index in [-0.39, 0.29) is 13.0 Å². The molecule has 3 aromatic carbocycles. The van der Waals surface area contributed by atoms with Crippen LogP contribution < -0.4 is 4.74 Å². The first kappa shape index (κ1) is 20.1. The maximum absolute atomic E-state index is 11.6. The summed E-state index contributed by atoms with van der Waals surface area (Å²) in [5, 5.41) is 9.49. The molecule has 0 fully saturated rings. The first-order chi connectivity index (χ1) is 13.6. The van der Waals surface area contributed by atoms with Crippen LogP contribution in [0.4, 0.5) is 0 Å². The number of hydrogen-bond acceptors (Lipinski definition) is 3. The van der Waals surface area contributed by atoms with Gasteiger partial charge in [0, 0.05) is 6.42 Å². The van der Waals surface area contributed by atoms with Crippen LogP contribution in [0.3, 0.4) is 0 Å². The Bertz CT molecular complexity index is 897. The normalized spacial score (nSPS) is 11.8. The molecule has 0 heterocycles. The van der Waals surface area contributed by atoms with Gasteiger partial charge in [0.2, 0.25) is 0 Å². The molecule has 0 saturated carbocycles. The Hall–Kier alpha value is -2.63. The Morgan fingerprint density at radius 2 is 1.46 bits per heavy atom. The summed E-state index contributed by atoms with van der Waals surface area (Å²) in [5.74, 6) is -0.263. The van der Waals surface area contributed by atoms with Gasteiger partial charge in [-0.15, -0.1) is 0 Å². The van der Waals surface area contributed by atoms with Crippen LogP contribution >= 0.6 is 15.9 Å². The number of carboxylic acids is 1. The zero-order valence-electron chi connectivity index (χ0n) is 15.3. The van der Waals surface area contributed by atoms with E-state index in [0.29, 0.717) is 12.4 Å². The minimum absolute atomic E-state index is 0.261. The minimum atomic E-state index is -0.976. The molecular weight excluding hydrogens is 420 g/mol. The van der Waals surface area contributed by atoms with Crippen molar-refractivity contribution >= 4 is 21.9 Å². The van der Waals surface area contributed by atoms with Gasteiger partial charge in [0.15, 0.2) is 6.10 Å². The number of halogens is 1. The lowest BCUT2D eigenvalue weighted by Gasteiger charge is -2.15. The summed E-state index contributed by atoms with van der Waals surface area (Å²) in [5.41, 5.74) is 2.89. The molecule has 0 amide bonds. The second-order valence-electron chi connectivity index (χ2n) is 6.37. The summed E-state index contributed by atoms with van der Waals surface area (Å²) >= 11 is 3.51. The van der Waals surface area contributed by atoms with Crippen molar-refractivity contribution in [3.63, 3.8) is 0 Å². The van der Waals surface area contributed by atoms with Gasteiger partial charge in [-0.1, -0.05) is 66.7 Å². The fourth-order valence-electron chi connectivity index (χ4n) is 2.73. The number of hydrogen-bond donors (Lipinski definition) is 1. The number of carboxylic acid groups (broad SMARTS) is 1. The van der Waals surface area contributed by atoms with Crippen LogP contribution in [0.1, 0.15) is 16.7 Å². The van der Waals surface area contributed by atoms with Crippen molar-refractivity contribution < 1.29 is 19.4 Å². The highest BCUT2D eigenvalue weighted by Gasteiger charge is 2.19. The lowest BCUT2D eigenvalue weighted by Crippen LogP contribution is -2.26. The number of benzene rings is 3. The van der Waals surface area contributed by atoms with Crippen molar-refractivity contribution in [3.05, 3.63) is 100 Å². The lowest BCUT2D eigenvalue weighted by atomic mass is 10.1. The number of aliphatic carboxylic acids is 1. The summed E-state index contributed by atoms with van der Waals surface area (Å²) in [7, 11) is 0. The van der Waals surface area contributed by atoms with Crippen LogP contribution in [0.5, 0.6) is 5.75 Å². The molecule has 0 aliphatic rings. The predicted molar refractivity (Wildman–Crippen MR) is 111 cm³/mol. The van der Waals surface area contributed by atoms with E-state index in [1.807, 2.05) is 78.9 Å². The number of rotatable bonds is 9. The van der Waals surface area contributed by atoms with Gasteiger partial charge in [-0.2, -0.15) is 0 Å². The minimum Gasteiger partial charge on any atom is -0.488 e. The highest BCUT2D eigenvalue weighted by molar-refractivity contribution is 9.10. The van der Waals surface area contributed by atoms with Crippen LogP contribution in [-0.2, 0) is 29.2 Å². The lowest BCUT2D eigenvalue weighted by molar-refractivity contribution is -0.151. The van der Waals surface area contributed by atoms with E-state index in [1.165, 1.54) is 0 Å². The van der Waals surface area contributed by atoms with E-state index in [9.17, 15) is 9.90 Å². The third-order valence-corrected chi connectivity index (χ3v) is 4.84. The first-order valence-corrected chi connectivity index (χ1v) is 9.74. The topological polar surface area (TPSA) is 55.8 Å². The van der Waals surface area contributed by atoms with Gasteiger partial charge in [-0.05, 0) is 44.8 Å². The van der Waals surface area contributed by atoms with Crippen LogP contribution in [0.2, 0.25) is 0 Å². The van der Waals surface area contributed by atoms with Gasteiger partial charge in [-0.25, -0.2) is 4.79 Å². The molecule has 0 aromatic heterocycles. The van der Waals surface area contributed by atoms with Crippen molar-refractivity contribution in [2.45, 2.75) is 25.7 Å². The maximum Gasteiger partial charge on any atom is 0.333 e. The molecule has 0 bridgehead atoms. The largest absolute Gasteiger partial charge is 0.488 e. The Morgan fingerprint density at radius 1 is 0.857 bits per heavy atom. The number of ether oxygens (including phenoxy) is 2.